The van der Waals surface area contributed by atoms with Gasteiger partial charge in [0, 0.05) is 30.9 Å². The number of aromatic nitrogens is 1. The molecule has 21 heavy (non-hydrogen) atoms. The lowest BCUT2D eigenvalue weighted by atomic mass is 10.1. The fourth-order valence-corrected chi connectivity index (χ4v) is 2.02. The SMILES string of the molecule is CC(=O)Nc1ccccc1OC(c1cccnc1)C(C)N. The molecule has 1 aromatic carbocycles. The number of anilines is 1. The Balaban J connectivity index is 2.28. The normalized spacial score (nSPS) is 13.3. The Hall–Kier alpha value is -2.40. The van der Waals surface area contributed by atoms with Gasteiger partial charge in [0.25, 0.3) is 0 Å². The van der Waals surface area contributed by atoms with Gasteiger partial charge < -0.3 is 15.8 Å². The molecule has 2 rings (SSSR count). The molecule has 1 heterocycles. The molecule has 0 aliphatic heterocycles. The molecule has 0 bridgehead atoms. The lowest BCUT2D eigenvalue weighted by Crippen LogP contribution is -2.29. The number of rotatable bonds is 5. The largest absolute Gasteiger partial charge is 0.482 e. The van der Waals surface area contributed by atoms with Crippen molar-refractivity contribution in [2.75, 3.05) is 5.32 Å². The first-order chi connectivity index (χ1) is 10.1. The Labute approximate surface area is 124 Å². The van der Waals surface area contributed by atoms with E-state index >= 15 is 0 Å². The summed E-state index contributed by atoms with van der Waals surface area (Å²) < 4.78 is 6.01. The second-order valence-corrected chi connectivity index (χ2v) is 4.86. The maximum absolute atomic E-state index is 11.3. The average molecular weight is 285 g/mol. The smallest absolute Gasteiger partial charge is 0.221 e. The Morgan fingerprint density at radius 3 is 2.67 bits per heavy atom. The quantitative estimate of drug-likeness (QED) is 0.885. The zero-order valence-corrected chi connectivity index (χ0v) is 12.1. The van der Waals surface area contributed by atoms with Gasteiger partial charge in [0.15, 0.2) is 0 Å². The van der Waals surface area contributed by atoms with Crippen molar-refractivity contribution >= 4 is 11.6 Å². The summed E-state index contributed by atoms with van der Waals surface area (Å²) in [5, 5.41) is 2.75. The van der Waals surface area contributed by atoms with Gasteiger partial charge in [0.05, 0.1) is 5.69 Å². The maximum Gasteiger partial charge on any atom is 0.221 e. The molecule has 1 aromatic heterocycles. The highest BCUT2D eigenvalue weighted by atomic mass is 16.5. The minimum Gasteiger partial charge on any atom is -0.482 e. The van der Waals surface area contributed by atoms with E-state index < -0.39 is 0 Å². The minimum atomic E-state index is -0.339. The highest BCUT2D eigenvalue weighted by Crippen LogP contribution is 2.30. The number of nitrogens with one attached hydrogen (secondary N) is 1. The van der Waals surface area contributed by atoms with E-state index in [0.717, 1.165) is 5.56 Å². The Kier molecular flexibility index (Phi) is 4.90. The number of pyridine rings is 1. The topological polar surface area (TPSA) is 77.2 Å². The average Bonchev–Trinajstić information content (AvgIpc) is 2.46. The molecule has 2 aromatic rings. The fraction of sp³-hybridized carbons (Fsp3) is 0.250. The lowest BCUT2D eigenvalue weighted by Gasteiger charge is -2.24. The van der Waals surface area contributed by atoms with Crippen LogP contribution in [-0.4, -0.2) is 16.9 Å². The lowest BCUT2D eigenvalue weighted by molar-refractivity contribution is -0.114. The summed E-state index contributed by atoms with van der Waals surface area (Å²) in [6.45, 7) is 3.33. The van der Waals surface area contributed by atoms with E-state index in [4.69, 9.17) is 10.5 Å². The van der Waals surface area contributed by atoms with Crippen molar-refractivity contribution in [3.8, 4) is 5.75 Å². The molecule has 5 heteroatoms. The van der Waals surface area contributed by atoms with Crippen molar-refractivity contribution in [2.24, 2.45) is 5.73 Å². The van der Waals surface area contributed by atoms with Gasteiger partial charge in [-0.2, -0.15) is 0 Å². The monoisotopic (exact) mass is 285 g/mol. The zero-order chi connectivity index (χ0) is 15.2. The number of para-hydroxylation sites is 2. The van der Waals surface area contributed by atoms with E-state index in [0.29, 0.717) is 11.4 Å². The molecule has 1 amide bonds. The summed E-state index contributed by atoms with van der Waals surface area (Å²) in [6.07, 6.45) is 3.09. The molecule has 110 valence electrons. The van der Waals surface area contributed by atoms with Crippen LogP contribution in [0.2, 0.25) is 0 Å². The third-order valence-electron chi connectivity index (χ3n) is 2.94. The van der Waals surface area contributed by atoms with Crippen LogP contribution in [0.1, 0.15) is 25.5 Å². The molecule has 2 unspecified atom stereocenters. The summed E-state index contributed by atoms with van der Waals surface area (Å²) in [5.41, 5.74) is 7.55. The number of nitrogens with two attached hydrogens (primary N) is 1. The van der Waals surface area contributed by atoms with Crippen LogP contribution in [0, 0.1) is 0 Å². The maximum atomic E-state index is 11.3. The summed E-state index contributed by atoms with van der Waals surface area (Å²) in [4.78, 5) is 15.3. The zero-order valence-electron chi connectivity index (χ0n) is 12.1. The van der Waals surface area contributed by atoms with E-state index in [1.807, 2.05) is 31.2 Å². The molecule has 0 aliphatic carbocycles. The molecule has 5 nitrogen and oxygen atoms in total. The van der Waals surface area contributed by atoms with Crippen molar-refractivity contribution in [1.29, 1.82) is 0 Å². The van der Waals surface area contributed by atoms with Crippen LogP contribution < -0.4 is 15.8 Å². The van der Waals surface area contributed by atoms with Crippen molar-refractivity contribution in [2.45, 2.75) is 26.0 Å². The summed E-state index contributed by atoms with van der Waals surface area (Å²) in [7, 11) is 0. The van der Waals surface area contributed by atoms with Crippen LogP contribution in [-0.2, 0) is 4.79 Å². The standard InChI is InChI=1S/C16H19N3O2/c1-11(17)16(13-6-5-9-18-10-13)21-15-8-4-3-7-14(15)19-12(2)20/h3-11,16H,17H2,1-2H3,(H,19,20). The molecular formula is C16H19N3O2. The molecule has 3 N–H and O–H groups in total. The minimum absolute atomic E-state index is 0.148. The number of ether oxygens (including phenoxy) is 1. The predicted molar refractivity (Wildman–Crippen MR) is 82.0 cm³/mol. The van der Waals surface area contributed by atoms with Crippen molar-refractivity contribution < 1.29 is 9.53 Å². The summed E-state index contributed by atoms with van der Waals surface area (Å²) >= 11 is 0. The van der Waals surface area contributed by atoms with Crippen LogP contribution in [0.4, 0.5) is 5.69 Å². The molecule has 0 fully saturated rings. The van der Waals surface area contributed by atoms with Crippen LogP contribution in [0.3, 0.4) is 0 Å². The Morgan fingerprint density at radius 2 is 2.05 bits per heavy atom. The molecule has 0 aliphatic rings. The molecule has 0 saturated heterocycles. The number of hydrogen-bond acceptors (Lipinski definition) is 4. The molecule has 0 spiro atoms. The second-order valence-electron chi connectivity index (χ2n) is 4.86. The van der Waals surface area contributed by atoms with Gasteiger partial charge in [-0.05, 0) is 25.1 Å². The molecular weight excluding hydrogens is 266 g/mol. The van der Waals surface area contributed by atoms with Gasteiger partial charge in [0.1, 0.15) is 11.9 Å². The summed E-state index contributed by atoms with van der Waals surface area (Å²) in [5.74, 6) is 0.434. The second kappa shape index (κ2) is 6.85. The number of benzene rings is 1. The molecule has 2 atom stereocenters. The number of nitrogens with zero attached hydrogens (tertiary/aromatic N) is 1. The Morgan fingerprint density at radius 1 is 1.29 bits per heavy atom. The number of carbonyl (C=O) groups excluding carboxylic acids is 1. The van der Waals surface area contributed by atoms with E-state index in [1.54, 1.807) is 24.5 Å². The van der Waals surface area contributed by atoms with Gasteiger partial charge in [-0.15, -0.1) is 0 Å². The van der Waals surface area contributed by atoms with Gasteiger partial charge >= 0.3 is 0 Å². The van der Waals surface area contributed by atoms with Gasteiger partial charge in [0.2, 0.25) is 5.91 Å². The predicted octanol–water partition coefficient (Wildman–Crippen LogP) is 2.51. The van der Waals surface area contributed by atoms with Crippen LogP contribution in [0.25, 0.3) is 0 Å². The van der Waals surface area contributed by atoms with E-state index in [2.05, 4.69) is 10.3 Å². The first-order valence-corrected chi connectivity index (χ1v) is 6.76. The van der Waals surface area contributed by atoms with Gasteiger partial charge in [-0.25, -0.2) is 0 Å². The van der Waals surface area contributed by atoms with E-state index in [-0.39, 0.29) is 18.1 Å². The first kappa shape index (κ1) is 15.0. The van der Waals surface area contributed by atoms with E-state index in [9.17, 15) is 4.79 Å². The molecule has 0 saturated carbocycles. The van der Waals surface area contributed by atoms with Crippen molar-refractivity contribution in [1.82, 2.24) is 4.98 Å². The number of carbonyl (C=O) groups is 1. The highest BCUT2D eigenvalue weighted by Gasteiger charge is 2.19. The van der Waals surface area contributed by atoms with Gasteiger partial charge in [-0.1, -0.05) is 18.2 Å². The van der Waals surface area contributed by atoms with Crippen LogP contribution in [0.5, 0.6) is 5.75 Å². The van der Waals surface area contributed by atoms with Gasteiger partial charge in [-0.3, -0.25) is 9.78 Å². The van der Waals surface area contributed by atoms with Crippen LogP contribution in [0.15, 0.2) is 48.8 Å². The van der Waals surface area contributed by atoms with Crippen molar-refractivity contribution in [3.63, 3.8) is 0 Å². The molecule has 0 radical (unpaired) electrons. The highest BCUT2D eigenvalue weighted by molar-refractivity contribution is 5.90. The summed E-state index contributed by atoms with van der Waals surface area (Å²) in [6, 6.07) is 10.8. The van der Waals surface area contributed by atoms with E-state index in [1.165, 1.54) is 6.92 Å². The third kappa shape index (κ3) is 4.03. The number of amides is 1. The third-order valence-corrected chi connectivity index (χ3v) is 2.94. The van der Waals surface area contributed by atoms with Crippen LogP contribution >= 0.6 is 0 Å². The first-order valence-electron chi connectivity index (χ1n) is 6.76. The van der Waals surface area contributed by atoms with Crippen molar-refractivity contribution in [3.05, 3.63) is 54.4 Å². The number of hydrogen-bond donors (Lipinski definition) is 2. The fourth-order valence-electron chi connectivity index (χ4n) is 2.02. The Bertz CT molecular complexity index is 599.